The van der Waals surface area contributed by atoms with Crippen molar-refractivity contribution in [2.45, 2.75) is 24.9 Å². The molecule has 7 nitrogen and oxygen atoms in total. The number of carbonyl (C=O) groups excluding carboxylic acids is 1. The maximum atomic E-state index is 13.5. The standard InChI is InChI=1S/C24H28N4O3/c29-23(27-14-16-31-17-15-27)22(18-6-2-1-3-7-18)26-12-10-19(11-13-26)28-21-9-5-4-8-20(21)25-24(28)30/h1-9,19,22H,10-17H2,(H,25,30)/t22-/m0/s1. The third-order valence-electron chi connectivity index (χ3n) is 6.53. The number of aromatic nitrogens is 2. The zero-order valence-corrected chi connectivity index (χ0v) is 17.6. The SMILES string of the molecule is O=C([C@H](c1ccccc1)N1CCC(n2c(=O)[nH]c3ccccc32)CC1)N1CCOCC1. The number of fused-ring (bicyclic) bond motifs is 1. The normalized spacial score (nSPS) is 19.5. The molecule has 1 aromatic heterocycles. The number of nitrogens with zero attached hydrogens (tertiary/aromatic N) is 3. The number of para-hydroxylation sites is 2. The van der Waals surface area contributed by atoms with Gasteiger partial charge in [-0.3, -0.25) is 14.3 Å². The Morgan fingerprint density at radius 3 is 2.35 bits per heavy atom. The van der Waals surface area contributed by atoms with Crippen molar-refractivity contribution in [3.63, 3.8) is 0 Å². The Kier molecular flexibility index (Phi) is 5.61. The fourth-order valence-corrected chi connectivity index (χ4v) is 4.94. The van der Waals surface area contributed by atoms with Crippen molar-refractivity contribution >= 4 is 16.9 Å². The van der Waals surface area contributed by atoms with Crippen molar-refractivity contribution in [2.75, 3.05) is 39.4 Å². The number of carbonyl (C=O) groups is 1. The van der Waals surface area contributed by atoms with E-state index in [9.17, 15) is 9.59 Å². The van der Waals surface area contributed by atoms with Crippen molar-refractivity contribution in [1.29, 1.82) is 0 Å². The minimum atomic E-state index is -0.292. The topological polar surface area (TPSA) is 70.6 Å². The highest BCUT2D eigenvalue weighted by Crippen LogP contribution is 2.31. The minimum Gasteiger partial charge on any atom is -0.378 e. The fraction of sp³-hybridized carbons (Fsp3) is 0.417. The van der Waals surface area contributed by atoms with Crippen molar-refractivity contribution in [3.8, 4) is 0 Å². The maximum absolute atomic E-state index is 13.5. The highest BCUT2D eigenvalue weighted by atomic mass is 16.5. The summed E-state index contributed by atoms with van der Waals surface area (Å²) in [4.78, 5) is 33.3. The lowest BCUT2D eigenvalue weighted by atomic mass is 9.97. The van der Waals surface area contributed by atoms with Crippen LogP contribution in [0.15, 0.2) is 59.4 Å². The van der Waals surface area contributed by atoms with Gasteiger partial charge < -0.3 is 14.6 Å². The zero-order chi connectivity index (χ0) is 21.2. The fourth-order valence-electron chi connectivity index (χ4n) is 4.94. The predicted octanol–water partition coefficient (Wildman–Crippen LogP) is 2.57. The summed E-state index contributed by atoms with van der Waals surface area (Å²) in [5, 5.41) is 0. The number of morpholine rings is 1. The second-order valence-corrected chi connectivity index (χ2v) is 8.34. The van der Waals surface area contributed by atoms with Crippen LogP contribution in [0.3, 0.4) is 0 Å². The Hall–Kier alpha value is -2.90. The van der Waals surface area contributed by atoms with Gasteiger partial charge in [-0.1, -0.05) is 42.5 Å². The van der Waals surface area contributed by atoms with Gasteiger partial charge >= 0.3 is 5.69 Å². The molecule has 2 aliphatic rings. The average Bonchev–Trinajstić information content (AvgIpc) is 3.16. The number of hydrogen-bond acceptors (Lipinski definition) is 4. The molecular weight excluding hydrogens is 392 g/mol. The number of benzene rings is 2. The van der Waals surface area contributed by atoms with Crippen LogP contribution in [0.4, 0.5) is 0 Å². The molecule has 1 atom stereocenters. The number of likely N-dealkylation sites (tertiary alicyclic amines) is 1. The Morgan fingerprint density at radius 1 is 0.935 bits per heavy atom. The Bertz CT molecular complexity index is 1090. The molecule has 0 unspecified atom stereocenters. The van der Waals surface area contributed by atoms with Crippen LogP contribution in [-0.2, 0) is 9.53 Å². The summed E-state index contributed by atoms with van der Waals surface area (Å²) < 4.78 is 7.34. The van der Waals surface area contributed by atoms with Crippen LogP contribution < -0.4 is 5.69 Å². The van der Waals surface area contributed by atoms with Crippen molar-refractivity contribution in [3.05, 3.63) is 70.6 Å². The number of amides is 1. The van der Waals surface area contributed by atoms with Crippen LogP contribution in [0.1, 0.15) is 30.5 Å². The van der Waals surface area contributed by atoms with E-state index in [0.29, 0.717) is 26.3 Å². The van der Waals surface area contributed by atoms with Gasteiger partial charge in [0.05, 0.1) is 24.2 Å². The molecule has 0 spiro atoms. The molecule has 2 aromatic carbocycles. The smallest absolute Gasteiger partial charge is 0.326 e. The summed E-state index contributed by atoms with van der Waals surface area (Å²) in [5.41, 5.74) is 2.81. The first-order valence-corrected chi connectivity index (χ1v) is 11.1. The number of aromatic amines is 1. The van der Waals surface area contributed by atoms with Crippen LogP contribution in [0.25, 0.3) is 11.0 Å². The summed E-state index contributed by atoms with van der Waals surface area (Å²) in [6.45, 7) is 4.02. The molecule has 1 amide bonds. The van der Waals surface area contributed by atoms with Gasteiger partial charge in [0.1, 0.15) is 6.04 Å². The Labute approximate surface area is 181 Å². The second kappa shape index (κ2) is 8.69. The number of hydrogen-bond donors (Lipinski definition) is 1. The van der Waals surface area contributed by atoms with E-state index in [0.717, 1.165) is 42.5 Å². The molecule has 0 radical (unpaired) electrons. The molecular formula is C24H28N4O3. The molecule has 2 saturated heterocycles. The van der Waals surface area contributed by atoms with Gasteiger partial charge in [0.25, 0.3) is 0 Å². The van der Waals surface area contributed by atoms with Crippen LogP contribution in [0, 0.1) is 0 Å². The Morgan fingerprint density at radius 2 is 1.61 bits per heavy atom. The second-order valence-electron chi connectivity index (χ2n) is 8.34. The maximum Gasteiger partial charge on any atom is 0.326 e. The summed E-state index contributed by atoms with van der Waals surface area (Å²) in [6.07, 6.45) is 1.67. The van der Waals surface area contributed by atoms with Gasteiger partial charge in [0, 0.05) is 32.2 Å². The first-order chi connectivity index (χ1) is 15.2. The first-order valence-electron chi connectivity index (χ1n) is 11.1. The van der Waals surface area contributed by atoms with E-state index in [1.807, 2.05) is 64.1 Å². The molecule has 7 heteroatoms. The van der Waals surface area contributed by atoms with Gasteiger partial charge in [-0.25, -0.2) is 4.79 Å². The van der Waals surface area contributed by atoms with Crippen LogP contribution in [0.5, 0.6) is 0 Å². The van der Waals surface area contributed by atoms with E-state index in [1.54, 1.807) is 0 Å². The molecule has 2 aliphatic heterocycles. The molecule has 162 valence electrons. The van der Waals surface area contributed by atoms with Gasteiger partial charge in [-0.05, 0) is 30.5 Å². The van der Waals surface area contributed by atoms with E-state index >= 15 is 0 Å². The van der Waals surface area contributed by atoms with E-state index in [4.69, 9.17) is 4.74 Å². The highest BCUT2D eigenvalue weighted by Gasteiger charge is 2.35. The summed E-state index contributed by atoms with van der Waals surface area (Å²) >= 11 is 0. The number of nitrogens with one attached hydrogen (secondary N) is 1. The quantitative estimate of drug-likeness (QED) is 0.704. The third-order valence-corrected chi connectivity index (χ3v) is 6.53. The van der Waals surface area contributed by atoms with E-state index < -0.39 is 0 Å². The molecule has 2 fully saturated rings. The third kappa shape index (κ3) is 3.91. The predicted molar refractivity (Wildman–Crippen MR) is 119 cm³/mol. The molecule has 1 N–H and O–H groups in total. The summed E-state index contributed by atoms with van der Waals surface area (Å²) in [6, 6.07) is 17.7. The molecule has 0 saturated carbocycles. The molecule has 5 rings (SSSR count). The summed E-state index contributed by atoms with van der Waals surface area (Å²) in [5.74, 6) is 0.150. The van der Waals surface area contributed by atoms with Crippen molar-refractivity contribution in [1.82, 2.24) is 19.4 Å². The first kappa shape index (κ1) is 20.0. The molecule has 31 heavy (non-hydrogen) atoms. The van der Waals surface area contributed by atoms with Gasteiger partial charge in [0.15, 0.2) is 0 Å². The van der Waals surface area contributed by atoms with Crippen LogP contribution >= 0.6 is 0 Å². The molecule has 3 aromatic rings. The molecule has 0 aliphatic carbocycles. The number of rotatable bonds is 4. The number of imidazole rings is 1. The van der Waals surface area contributed by atoms with E-state index in [1.165, 1.54) is 0 Å². The largest absolute Gasteiger partial charge is 0.378 e. The monoisotopic (exact) mass is 420 g/mol. The van der Waals surface area contributed by atoms with Gasteiger partial charge in [0.2, 0.25) is 5.91 Å². The zero-order valence-electron chi connectivity index (χ0n) is 17.6. The number of H-pyrrole nitrogens is 1. The lowest BCUT2D eigenvalue weighted by Gasteiger charge is -2.40. The van der Waals surface area contributed by atoms with Crippen molar-refractivity contribution < 1.29 is 9.53 Å². The minimum absolute atomic E-state index is 0.0522. The van der Waals surface area contributed by atoms with Crippen molar-refractivity contribution in [2.24, 2.45) is 0 Å². The highest BCUT2D eigenvalue weighted by molar-refractivity contribution is 5.83. The van der Waals surface area contributed by atoms with Gasteiger partial charge in [-0.15, -0.1) is 0 Å². The number of piperidine rings is 1. The summed E-state index contributed by atoms with van der Waals surface area (Å²) in [7, 11) is 0. The van der Waals surface area contributed by atoms with Crippen LogP contribution in [0.2, 0.25) is 0 Å². The lowest BCUT2D eigenvalue weighted by Crippen LogP contribution is -2.49. The van der Waals surface area contributed by atoms with Crippen LogP contribution in [-0.4, -0.2) is 64.7 Å². The lowest BCUT2D eigenvalue weighted by molar-refractivity contribution is -0.142. The van der Waals surface area contributed by atoms with Gasteiger partial charge in [-0.2, -0.15) is 0 Å². The molecule has 0 bridgehead atoms. The van der Waals surface area contributed by atoms with E-state index in [-0.39, 0.29) is 23.7 Å². The Balaban J connectivity index is 1.37. The average molecular weight is 421 g/mol. The number of ether oxygens (including phenoxy) is 1. The molecule has 3 heterocycles. The van der Waals surface area contributed by atoms with E-state index in [2.05, 4.69) is 9.88 Å².